The van der Waals surface area contributed by atoms with E-state index < -0.39 is 5.60 Å². The zero-order valence-electron chi connectivity index (χ0n) is 11.5. The van der Waals surface area contributed by atoms with Gasteiger partial charge in [-0.1, -0.05) is 17.7 Å². The maximum absolute atomic E-state index is 12.1. The Kier molecular flexibility index (Phi) is 3.90. The molecule has 4 nitrogen and oxygen atoms in total. The summed E-state index contributed by atoms with van der Waals surface area (Å²) in [6.07, 6.45) is -0.280. The van der Waals surface area contributed by atoms with Gasteiger partial charge in [0.25, 0.3) is 0 Å². The summed E-state index contributed by atoms with van der Waals surface area (Å²) in [4.78, 5) is 13.8. The van der Waals surface area contributed by atoms with Crippen LogP contribution in [0.4, 0.5) is 10.5 Å². The number of hydrogen-bond donors (Lipinski definition) is 1. The lowest BCUT2D eigenvalue weighted by Gasteiger charge is -2.26. The van der Waals surface area contributed by atoms with Gasteiger partial charge in [0.05, 0.1) is 6.54 Å². The highest BCUT2D eigenvalue weighted by Crippen LogP contribution is 2.25. The predicted octanol–water partition coefficient (Wildman–Crippen LogP) is 3.50. The Morgan fingerprint density at radius 1 is 1.42 bits per heavy atom. The number of carbonyl (C=O) groups is 1. The van der Waals surface area contributed by atoms with Gasteiger partial charge in [0.1, 0.15) is 5.60 Å². The minimum absolute atomic E-state index is 0.280. The highest BCUT2D eigenvalue weighted by Gasteiger charge is 2.24. The summed E-state index contributed by atoms with van der Waals surface area (Å²) in [5.41, 5.74) is 1.56. The molecule has 1 aromatic carbocycles. The summed E-state index contributed by atoms with van der Waals surface area (Å²) < 4.78 is 5.40. The zero-order chi connectivity index (χ0) is 14.0. The van der Waals surface area contributed by atoms with E-state index in [1.165, 1.54) is 0 Å². The summed E-state index contributed by atoms with van der Waals surface area (Å²) in [7, 11) is 0. The number of rotatable bonds is 0. The van der Waals surface area contributed by atoms with E-state index in [1.807, 2.05) is 39.0 Å². The Morgan fingerprint density at radius 2 is 2.16 bits per heavy atom. The lowest BCUT2D eigenvalue weighted by Crippen LogP contribution is -2.37. The van der Waals surface area contributed by atoms with Crippen molar-refractivity contribution < 1.29 is 9.53 Å². The molecule has 1 heterocycles. The Labute approximate surface area is 118 Å². The predicted molar refractivity (Wildman–Crippen MR) is 76.6 cm³/mol. The molecule has 1 aliphatic heterocycles. The normalized spacial score (nSPS) is 15.3. The molecule has 0 saturated heterocycles. The lowest BCUT2D eigenvalue weighted by atomic mass is 10.1. The number of halogens is 1. The topological polar surface area (TPSA) is 41.6 Å². The monoisotopic (exact) mass is 282 g/mol. The molecule has 0 aromatic heterocycles. The molecule has 19 heavy (non-hydrogen) atoms. The first kappa shape index (κ1) is 14.0. The third-order valence-corrected chi connectivity index (χ3v) is 3.02. The molecular formula is C14H19ClN2O2. The quantitative estimate of drug-likeness (QED) is 0.792. The van der Waals surface area contributed by atoms with Gasteiger partial charge in [-0.25, -0.2) is 4.79 Å². The minimum Gasteiger partial charge on any atom is -0.444 e. The SMILES string of the molecule is CC(C)(C)OC(=O)N1CCNc2cc(Cl)ccc2C1. The number of nitrogens with one attached hydrogen (secondary N) is 1. The molecule has 0 bridgehead atoms. The summed E-state index contributed by atoms with van der Waals surface area (Å²) in [6, 6.07) is 5.66. The van der Waals surface area contributed by atoms with Crippen molar-refractivity contribution in [1.29, 1.82) is 0 Å². The van der Waals surface area contributed by atoms with Gasteiger partial charge in [0.2, 0.25) is 0 Å². The van der Waals surface area contributed by atoms with E-state index in [0.29, 0.717) is 24.7 Å². The Bertz CT molecular complexity index is 483. The highest BCUT2D eigenvalue weighted by molar-refractivity contribution is 6.30. The van der Waals surface area contributed by atoms with Gasteiger partial charge in [-0.05, 0) is 38.5 Å². The van der Waals surface area contributed by atoms with E-state index >= 15 is 0 Å². The molecule has 2 rings (SSSR count). The van der Waals surface area contributed by atoms with Gasteiger partial charge in [-0.2, -0.15) is 0 Å². The Hall–Kier alpha value is -1.42. The van der Waals surface area contributed by atoms with Crippen LogP contribution in [0.1, 0.15) is 26.3 Å². The average Bonchev–Trinajstić information content (AvgIpc) is 2.48. The van der Waals surface area contributed by atoms with Crippen LogP contribution in [0, 0.1) is 0 Å². The molecule has 1 N–H and O–H groups in total. The number of anilines is 1. The van der Waals surface area contributed by atoms with Crippen LogP contribution in [-0.4, -0.2) is 29.7 Å². The van der Waals surface area contributed by atoms with Crippen molar-refractivity contribution in [3.63, 3.8) is 0 Å². The fourth-order valence-corrected chi connectivity index (χ4v) is 2.12. The van der Waals surface area contributed by atoms with Crippen molar-refractivity contribution in [3.8, 4) is 0 Å². The lowest BCUT2D eigenvalue weighted by molar-refractivity contribution is 0.0245. The van der Waals surface area contributed by atoms with Crippen molar-refractivity contribution in [1.82, 2.24) is 4.90 Å². The number of nitrogens with zero attached hydrogens (tertiary/aromatic N) is 1. The van der Waals surface area contributed by atoms with Crippen LogP contribution in [0.5, 0.6) is 0 Å². The van der Waals surface area contributed by atoms with E-state index in [4.69, 9.17) is 16.3 Å². The van der Waals surface area contributed by atoms with Gasteiger partial charge in [0, 0.05) is 23.8 Å². The number of amides is 1. The summed E-state index contributed by atoms with van der Waals surface area (Å²) in [5, 5.41) is 3.97. The average molecular weight is 283 g/mol. The van der Waals surface area contributed by atoms with Gasteiger partial charge in [0.15, 0.2) is 0 Å². The van der Waals surface area contributed by atoms with Crippen LogP contribution < -0.4 is 5.32 Å². The van der Waals surface area contributed by atoms with Gasteiger partial charge in [-0.3, -0.25) is 0 Å². The van der Waals surface area contributed by atoms with E-state index in [0.717, 1.165) is 11.3 Å². The Morgan fingerprint density at radius 3 is 2.84 bits per heavy atom. The molecule has 0 radical (unpaired) electrons. The second kappa shape index (κ2) is 5.29. The molecular weight excluding hydrogens is 264 g/mol. The fourth-order valence-electron chi connectivity index (χ4n) is 1.94. The van der Waals surface area contributed by atoms with Crippen molar-refractivity contribution in [2.75, 3.05) is 18.4 Å². The second-order valence-corrected chi connectivity index (χ2v) is 6.07. The minimum atomic E-state index is -0.473. The van der Waals surface area contributed by atoms with E-state index in [-0.39, 0.29) is 6.09 Å². The molecule has 0 atom stereocenters. The maximum atomic E-state index is 12.1. The van der Waals surface area contributed by atoms with Crippen LogP contribution in [0.15, 0.2) is 18.2 Å². The Balaban J connectivity index is 2.13. The smallest absolute Gasteiger partial charge is 0.410 e. The van der Waals surface area contributed by atoms with Gasteiger partial charge in [-0.15, -0.1) is 0 Å². The van der Waals surface area contributed by atoms with E-state index in [9.17, 15) is 4.79 Å². The number of hydrogen-bond acceptors (Lipinski definition) is 3. The van der Waals surface area contributed by atoms with Crippen LogP contribution >= 0.6 is 11.6 Å². The number of ether oxygens (including phenoxy) is 1. The molecule has 1 aliphatic rings. The van der Waals surface area contributed by atoms with E-state index in [2.05, 4.69) is 5.32 Å². The third kappa shape index (κ3) is 3.77. The van der Waals surface area contributed by atoms with Gasteiger partial charge < -0.3 is 15.0 Å². The summed E-state index contributed by atoms with van der Waals surface area (Å²) in [5.74, 6) is 0. The molecule has 0 aliphatic carbocycles. The van der Waals surface area contributed by atoms with Crippen LogP contribution in [0.25, 0.3) is 0 Å². The summed E-state index contributed by atoms with van der Waals surface area (Å²) in [6.45, 7) is 7.44. The summed E-state index contributed by atoms with van der Waals surface area (Å²) >= 11 is 5.97. The third-order valence-electron chi connectivity index (χ3n) is 2.78. The number of benzene rings is 1. The largest absolute Gasteiger partial charge is 0.444 e. The van der Waals surface area contributed by atoms with Crippen molar-refractivity contribution in [3.05, 3.63) is 28.8 Å². The van der Waals surface area contributed by atoms with Crippen LogP contribution in [0.3, 0.4) is 0 Å². The first-order chi connectivity index (χ1) is 8.85. The first-order valence-corrected chi connectivity index (χ1v) is 6.73. The molecule has 104 valence electrons. The van der Waals surface area contributed by atoms with Gasteiger partial charge >= 0.3 is 6.09 Å². The van der Waals surface area contributed by atoms with Crippen molar-refractivity contribution in [2.45, 2.75) is 32.9 Å². The maximum Gasteiger partial charge on any atom is 0.410 e. The standard InChI is InChI=1S/C14H19ClN2O2/c1-14(2,3)19-13(18)17-7-6-16-12-8-11(15)5-4-10(12)9-17/h4-5,8,16H,6-7,9H2,1-3H3. The second-order valence-electron chi connectivity index (χ2n) is 5.63. The number of carbonyl (C=O) groups excluding carboxylic acids is 1. The molecule has 5 heteroatoms. The molecule has 0 spiro atoms. The highest BCUT2D eigenvalue weighted by atomic mass is 35.5. The zero-order valence-corrected chi connectivity index (χ0v) is 12.3. The van der Waals surface area contributed by atoms with Crippen LogP contribution in [0.2, 0.25) is 5.02 Å². The molecule has 0 fully saturated rings. The first-order valence-electron chi connectivity index (χ1n) is 6.35. The molecule has 0 unspecified atom stereocenters. The van der Waals surface area contributed by atoms with Crippen molar-refractivity contribution >= 4 is 23.4 Å². The molecule has 1 amide bonds. The number of fused-ring (bicyclic) bond motifs is 1. The molecule has 0 saturated carbocycles. The van der Waals surface area contributed by atoms with E-state index in [1.54, 1.807) is 4.90 Å². The van der Waals surface area contributed by atoms with Crippen molar-refractivity contribution in [2.24, 2.45) is 0 Å². The fraction of sp³-hybridized carbons (Fsp3) is 0.500. The molecule has 1 aromatic rings. The van der Waals surface area contributed by atoms with Crippen LogP contribution in [-0.2, 0) is 11.3 Å².